The zero-order chi connectivity index (χ0) is 13.0. The van der Waals surface area contributed by atoms with Crippen molar-refractivity contribution >= 4 is 5.91 Å². The molecule has 0 aromatic heterocycles. The molecule has 2 fully saturated rings. The van der Waals surface area contributed by atoms with E-state index in [1.54, 1.807) is 0 Å². The van der Waals surface area contributed by atoms with Crippen LogP contribution in [0.5, 0.6) is 0 Å². The van der Waals surface area contributed by atoms with Crippen molar-refractivity contribution in [3.63, 3.8) is 0 Å². The van der Waals surface area contributed by atoms with Crippen LogP contribution in [-0.4, -0.2) is 47.8 Å². The van der Waals surface area contributed by atoms with Crippen molar-refractivity contribution in [2.24, 2.45) is 5.92 Å². The molecule has 0 aromatic carbocycles. The van der Waals surface area contributed by atoms with Gasteiger partial charge in [-0.2, -0.15) is 0 Å². The van der Waals surface area contributed by atoms with Crippen molar-refractivity contribution < 1.29 is 14.6 Å². The van der Waals surface area contributed by atoms with E-state index in [4.69, 9.17) is 4.74 Å². The fourth-order valence-electron chi connectivity index (χ4n) is 2.84. The molecule has 0 aliphatic carbocycles. The van der Waals surface area contributed by atoms with Crippen LogP contribution in [0.1, 0.15) is 45.4 Å². The molecule has 0 saturated carbocycles. The molecule has 1 amide bonds. The van der Waals surface area contributed by atoms with Gasteiger partial charge in [0.1, 0.15) is 0 Å². The zero-order valence-electron chi connectivity index (χ0n) is 11.3. The Morgan fingerprint density at radius 3 is 2.89 bits per heavy atom. The molecule has 2 heterocycles. The number of amides is 1. The molecule has 4 nitrogen and oxygen atoms in total. The van der Waals surface area contributed by atoms with Gasteiger partial charge in [0.15, 0.2) is 0 Å². The number of carbonyl (C=O) groups excluding carboxylic acids is 1. The summed E-state index contributed by atoms with van der Waals surface area (Å²) in [7, 11) is 0. The molecule has 3 unspecified atom stereocenters. The summed E-state index contributed by atoms with van der Waals surface area (Å²) in [6, 6.07) is 0. The molecule has 4 heteroatoms. The molecule has 0 radical (unpaired) electrons. The molecule has 104 valence electrons. The van der Waals surface area contributed by atoms with Crippen LogP contribution in [-0.2, 0) is 9.53 Å². The number of carbonyl (C=O) groups is 1. The summed E-state index contributed by atoms with van der Waals surface area (Å²) in [5.41, 5.74) is 0. The summed E-state index contributed by atoms with van der Waals surface area (Å²) in [6.45, 7) is 4.27. The summed E-state index contributed by atoms with van der Waals surface area (Å²) in [5, 5.41) is 9.65. The Bertz CT molecular complexity index is 276. The smallest absolute Gasteiger partial charge is 0.222 e. The van der Waals surface area contributed by atoms with E-state index in [1.807, 2.05) is 11.8 Å². The summed E-state index contributed by atoms with van der Waals surface area (Å²) in [4.78, 5) is 14.0. The number of aliphatic hydroxyl groups is 1. The molecular weight excluding hydrogens is 230 g/mol. The largest absolute Gasteiger partial charge is 0.393 e. The van der Waals surface area contributed by atoms with Crippen LogP contribution in [0, 0.1) is 5.92 Å². The molecular formula is C14H25NO3. The van der Waals surface area contributed by atoms with Crippen LogP contribution in [0.4, 0.5) is 0 Å². The highest BCUT2D eigenvalue weighted by Gasteiger charge is 2.27. The highest BCUT2D eigenvalue weighted by atomic mass is 16.5. The summed E-state index contributed by atoms with van der Waals surface area (Å²) < 4.78 is 5.64. The minimum atomic E-state index is -0.240. The van der Waals surface area contributed by atoms with Gasteiger partial charge >= 0.3 is 0 Å². The van der Waals surface area contributed by atoms with Crippen molar-refractivity contribution in [3.8, 4) is 0 Å². The Labute approximate surface area is 109 Å². The summed E-state index contributed by atoms with van der Waals surface area (Å²) in [5.74, 6) is 0.427. The Morgan fingerprint density at radius 2 is 2.22 bits per heavy atom. The zero-order valence-corrected chi connectivity index (χ0v) is 11.3. The van der Waals surface area contributed by atoms with Crippen LogP contribution in [0.15, 0.2) is 0 Å². The third kappa shape index (κ3) is 3.69. The predicted molar refractivity (Wildman–Crippen MR) is 69.2 cm³/mol. The van der Waals surface area contributed by atoms with E-state index in [9.17, 15) is 9.90 Å². The molecule has 0 spiro atoms. The second-order valence-corrected chi connectivity index (χ2v) is 5.70. The fourth-order valence-corrected chi connectivity index (χ4v) is 2.84. The van der Waals surface area contributed by atoms with E-state index < -0.39 is 0 Å². The predicted octanol–water partition coefficient (Wildman–Crippen LogP) is 1.56. The van der Waals surface area contributed by atoms with Crippen LogP contribution in [0.2, 0.25) is 0 Å². The number of ether oxygens (including phenoxy) is 1. The Balaban J connectivity index is 1.70. The van der Waals surface area contributed by atoms with Gasteiger partial charge in [0.05, 0.1) is 12.2 Å². The van der Waals surface area contributed by atoms with Gasteiger partial charge in [-0.15, -0.1) is 0 Å². The van der Waals surface area contributed by atoms with E-state index >= 15 is 0 Å². The van der Waals surface area contributed by atoms with Crippen molar-refractivity contribution in [1.82, 2.24) is 4.90 Å². The molecule has 2 aliphatic rings. The SMILES string of the molecule is CC1CN(C(=O)CCC2CCCCO2)CCC1O. The molecule has 18 heavy (non-hydrogen) atoms. The number of hydrogen-bond acceptors (Lipinski definition) is 3. The standard InChI is InChI=1S/C14H25NO3/c1-11-10-15(8-7-13(11)16)14(17)6-5-12-4-2-3-9-18-12/h11-13,16H,2-10H2,1H3. The third-order valence-electron chi connectivity index (χ3n) is 4.17. The second-order valence-electron chi connectivity index (χ2n) is 5.70. The number of hydrogen-bond donors (Lipinski definition) is 1. The Hall–Kier alpha value is -0.610. The molecule has 0 aromatic rings. The quantitative estimate of drug-likeness (QED) is 0.832. The minimum Gasteiger partial charge on any atom is -0.393 e. The Kier molecular flexibility index (Phi) is 5.01. The third-order valence-corrected chi connectivity index (χ3v) is 4.17. The molecule has 2 saturated heterocycles. The van der Waals surface area contributed by atoms with Gasteiger partial charge in [-0.3, -0.25) is 4.79 Å². The van der Waals surface area contributed by atoms with E-state index in [2.05, 4.69) is 0 Å². The van der Waals surface area contributed by atoms with Crippen molar-refractivity contribution in [2.45, 2.75) is 57.7 Å². The number of likely N-dealkylation sites (tertiary alicyclic amines) is 1. The van der Waals surface area contributed by atoms with Gasteiger partial charge < -0.3 is 14.7 Å². The van der Waals surface area contributed by atoms with Crippen molar-refractivity contribution in [3.05, 3.63) is 0 Å². The van der Waals surface area contributed by atoms with E-state index in [1.165, 1.54) is 6.42 Å². The second kappa shape index (κ2) is 6.53. The normalized spacial score (nSPS) is 33.4. The number of aliphatic hydroxyl groups excluding tert-OH is 1. The van der Waals surface area contributed by atoms with Crippen LogP contribution in [0.3, 0.4) is 0 Å². The van der Waals surface area contributed by atoms with Crippen molar-refractivity contribution in [2.75, 3.05) is 19.7 Å². The molecule has 0 bridgehead atoms. The van der Waals surface area contributed by atoms with Gasteiger partial charge in [0.25, 0.3) is 0 Å². The van der Waals surface area contributed by atoms with E-state index in [-0.39, 0.29) is 24.0 Å². The van der Waals surface area contributed by atoms with Gasteiger partial charge in [-0.25, -0.2) is 0 Å². The van der Waals surface area contributed by atoms with Gasteiger partial charge in [-0.1, -0.05) is 6.92 Å². The average Bonchev–Trinajstić information content (AvgIpc) is 2.40. The van der Waals surface area contributed by atoms with E-state index in [0.29, 0.717) is 25.9 Å². The number of rotatable bonds is 3. The first-order valence-corrected chi connectivity index (χ1v) is 7.24. The average molecular weight is 255 g/mol. The van der Waals surface area contributed by atoms with Crippen molar-refractivity contribution in [1.29, 1.82) is 0 Å². The van der Waals surface area contributed by atoms with Crippen LogP contribution < -0.4 is 0 Å². The first kappa shape index (κ1) is 13.8. The van der Waals surface area contributed by atoms with Crippen LogP contribution in [0.25, 0.3) is 0 Å². The molecule has 2 aliphatic heterocycles. The highest BCUT2D eigenvalue weighted by Crippen LogP contribution is 2.20. The lowest BCUT2D eigenvalue weighted by molar-refractivity contribution is -0.135. The van der Waals surface area contributed by atoms with Gasteiger partial charge in [-0.05, 0) is 38.0 Å². The minimum absolute atomic E-state index is 0.202. The maximum atomic E-state index is 12.1. The van der Waals surface area contributed by atoms with Gasteiger partial charge in [0.2, 0.25) is 5.91 Å². The summed E-state index contributed by atoms with van der Waals surface area (Å²) >= 11 is 0. The number of nitrogens with zero attached hydrogens (tertiary/aromatic N) is 1. The molecule has 2 rings (SSSR count). The maximum absolute atomic E-state index is 12.1. The first-order chi connectivity index (χ1) is 8.66. The molecule has 1 N–H and O–H groups in total. The summed E-state index contributed by atoms with van der Waals surface area (Å²) in [6.07, 6.45) is 5.69. The van der Waals surface area contributed by atoms with E-state index in [0.717, 1.165) is 25.9 Å². The highest BCUT2D eigenvalue weighted by molar-refractivity contribution is 5.76. The lowest BCUT2D eigenvalue weighted by Crippen LogP contribution is -2.45. The Morgan fingerprint density at radius 1 is 1.39 bits per heavy atom. The number of piperidine rings is 1. The lowest BCUT2D eigenvalue weighted by atomic mass is 9.96. The van der Waals surface area contributed by atoms with Crippen LogP contribution >= 0.6 is 0 Å². The monoisotopic (exact) mass is 255 g/mol. The molecule has 3 atom stereocenters. The van der Waals surface area contributed by atoms with Gasteiger partial charge in [0, 0.05) is 26.1 Å². The maximum Gasteiger partial charge on any atom is 0.222 e. The topological polar surface area (TPSA) is 49.8 Å². The first-order valence-electron chi connectivity index (χ1n) is 7.24. The lowest BCUT2D eigenvalue weighted by Gasteiger charge is -2.34. The fraction of sp³-hybridized carbons (Fsp3) is 0.929.